The molecule has 2 heterocycles. The topological polar surface area (TPSA) is 58.4 Å². The summed E-state index contributed by atoms with van der Waals surface area (Å²) in [6.07, 6.45) is 1.15. The molecule has 4 nitrogen and oxygen atoms in total. The maximum absolute atomic E-state index is 11.1. The molecule has 2 atom stereocenters. The van der Waals surface area contributed by atoms with Gasteiger partial charge in [0.2, 0.25) is 0 Å². The van der Waals surface area contributed by atoms with Gasteiger partial charge in [-0.1, -0.05) is 0 Å². The number of thioether (sulfide) groups is 1. The first-order valence-electron chi connectivity index (χ1n) is 3.70. The smallest absolute Gasteiger partial charge is 0.319 e. The Morgan fingerprint density at radius 1 is 1.73 bits per heavy atom. The van der Waals surface area contributed by atoms with Gasteiger partial charge in [0, 0.05) is 23.6 Å². The van der Waals surface area contributed by atoms with Gasteiger partial charge in [-0.3, -0.25) is 5.43 Å². The normalized spacial score (nSPS) is 34.5. The monoisotopic (exact) mass is 173 g/mol. The first-order chi connectivity index (χ1) is 5.31. The predicted molar refractivity (Wildman–Crippen MR) is 44.1 cm³/mol. The average Bonchev–Trinajstić information content (AvgIpc) is 2.62. The number of amides is 2. The Labute approximate surface area is 69.5 Å². The highest BCUT2D eigenvalue weighted by Crippen LogP contribution is 2.37. The number of nitrogens with zero attached hydrogens (tertiary/aromatic N) is 1. The summed E-state index contributed by atoms with van der Waals surface area (Å²) in [6.45, 7) is 0.873. The molecule has 5 heteroatoms. The Morgan fingerprint density at radius 2 is 2.55 bits per heavy atom. The van der Waals surface area contributed by atoms with Gasteiger partial charge < -0.3 is 4.90 Å². The molecule has 0 radical (unpaired) electrons. The van der Waals surface area contributed by atoms with Crippen LogP contribution in [0.15, 0.2) is 0 Å². The van der Waals surface area contributed by atoms with E-state index in [-0.39, 0.29) is 6.03 Å². The molecule has 2 fully saturated rings. The van der Waals surface area contributed by atoms with Crippen LogP contribution in [0, 0.1) is 0 Å². The van der Waals surface area contributed by atoms with Crippen LogP contribution in [0.5, 0.6) is 0 Å². The van der Waals surface area contributed by atoms with Crippen molar-refractivity contribution in [2.45, 2.75) is 17.7 Å². The van der Waals surface area contributed by atoms with E-state index < -0.39 is 0 Å². The van der Waals surface area contributed by atoms with Crippen molar-refractivity contribution in [3.63, 3.8) is 0 Å². The molecule has 2 rings (SSSR count). The molecular weight excluding hydrogens is 162 g/mol. The first kappa shape index (κ1) is 7.24. The van der Waals surface area contributed by atoms with Gasteiger partial charge in [-0.15, -0.1) is 0 Å². The van der Waals surface area contributed by atoms with Crippen molar-refractivity contribution in [1.82, 2.24) is 10.3 Å². The Kier molecular flexibility index (Phi) is 1.69. The van der Waals surface area contributed by atoms with Crippen molar-refractivity contribution < 1.29 is 4.79 Å². The van der Waals surface area contributed by atoms with Crippen LogP contribution < -0.4 is 11.3 Å². The fourth-order valence-corrected chi connectivity index (χ4v) is 3.17. The van der Waals surface area contributed by atoms with Crippen molar-refractivity contribution >= 4 is 17.8 Å². The molecule has 2 bridgehead atoms. The molecular formula is C6H11N3OS. The van der Waals surface area contributed by atoms with Crippen LogP contribution in [0.25, 0.3) is 0 Å². The lowest BCUT2D eigenvalue weighted by Crippen LogP contribution is -2.47. The third kappa shape index (κ3) is 1.08. The van der Waals surface area contributed by atoms with E-state index in [9.17, 15) is 4.79 Å². The van der Waals surface area contributed by atoms with Gasteiger partial charge in [0.05, 0.1) is 0 Å². The van der Waals surface area contributed by atoms with Crippen LogP contribution in [0.2, 0.25) is 0 Å². The van der Waals surface area contributed by atoms with Crippen molar-refractivity contribution in [3.8, 4) is 0 Å². The Morgan fingerprint density at radius 3 is 3.00 bits per heavy atom. The lowest BCUT2D eigenvalue weighted by atomic mass is 10.2. The van der Waals surface area contributed by atoms with E-state index in [1.165, 1.54) is 0 Å². The van der Waals surface area contributed by atoms with E-state index in [2.05, 4.69) is 5.43 Å². The number of fused-ring (bicyclic) bond motifs is 2. The molecule has 0 aromatic heterocycles. The summed E-state index contributed by atoms with van der Waals surface area (Å²) in [4.78, 5) is 12.9. The highest BCUT2D eigenvalue weighted by Gasteiger charge is 2.40. The zero-order valence-electron chi connectivity index (χ0n) is 6.12. The van der Waals surface area contributed by atoms with Crippen molar-refractivity contribution in [2.24, 2.45) is 5.84 Å². The highest BCUT2D eigenvalue weighted by atomic mass is 32.2. The zero-order valence-corrected chi connectivity index (χ0v) is 6.93. The number of hydrogen-bond donors (Lipinski definition) is 2. The molecule has 3 N–H and O–H groups in total. The van der Waals surface area contributed by atoms with Gasteiger partial charge in [-0.05, 0) is 6.42 Å². The lowest BCUT2D eigenvalue weighted by molar-refractivity contribution is 0.196. The van der Waals surface area contributed by atoms with Gasteiger partial charge in [-0.25, -0.2) is 10.6 Å². The van der Waals surface area contributed by atoms with E-state index in [0.717, 1.165) is 18.7 Å². The predicted octanol–water partition coefficient (Wildman–Crippen LogP) is -0.241. The SMILES string of the molecule is NNC(=O)N1CC2CC1CS2. The van der Waals surface area contributed by atoms with E-state index in [1.54, 1.807) is 0 Å². The molecule has 2 aliphatic rings. The number of carbonyl (C=O) groups is 1. The minimum atomic E-state index is -0.127. The summed E-state index contributed by atoms with van der Waals surface area (Å²) in [7, 11) is 0. The fraction of sp³-hybridized carbons (Fsp3) is 0.833. The maximum atomic E-state index is 11.1. The molecule has 62 valence electrons. The van der Waals surface area contributed by atoms with Gasteiger partial charge in [-0.2, -0.15) is 11.8 Å². The summed E-state index contributed by atoms with van der Waals surface area (Å²) in [5, 5.41) is 0.664. The summed E-state index contributed by atoms with van der Waals surface area (Å²) in [6, 6.07) is 0.311. The molecule has 11 heavy (non-hydrogen) atoms. The summed E-state index contributed by atoms with van der Waals surface area (Å²) >= 11 is 1.96. The van der Waals surface area contributed by atoms with Crippen LogP contribution in [0.3, 0.4) is 0 Å². The van der Waals surface area contributed by atoms with Crippen molar-refractivity contribution in [1.29, 1.82) is 0 Å². The van der Waals surface area contributed by atoms with Gasteiger partial charge in [0.25, 0.3) is 0 Å². The van der Waals surface area contributed by atoms with E-state index >= 15 is 0 Å². The number of hydrazine groups is 1. The maximum Gasteiger partial charge on any atom is 0.331 e. The number of rotatable bonds is 0. The van der Waals surface area contributed by atoms with Crippen LogP contribution in [-0.4, -0.2) is 34.5 Å². The van der Waals surface area contributed by atoms with Gasteiger partial charge in [0.1, 0.15) is 0 Å². The molecule has 2 aliphatic heterocycles. The molecule has 2 saturated heterocycles. The largest absolute Gasteiger partial charge is 0.331 e. The average molecular weight is 173 g/mol. The molecule has 2 amide bonds. The minimum Gasteiger partial charge on any atom is -0.319 e. The molecule has 0 aromatic rings. The second-order valence-corrected chi connectivity index (χ2v) is 4.28. The quantitative estimate of drug-likeness (QED) is 0.302. The van der Waals surface area contributed by atoms with E-state index in [0.29, 0.717) is 11.3 Å². The molecule has 0 aliphatic carbocycles. The van der Waals surface area contributed by atoms with Crippen LogP contribution in [0.4, 0.5) is 4.79 Å². The Hall–Kier alpha value is -0.420. The second kappa shape index (κ2) is 2.57. The number of nitrogens with one attached hydrogen (secondary N) is 1. The zero-order chi connectivity index (χ0) is 7.84. The summed E-state index contributed by atoms with van der Waals surface area (Å²) < 4.78 is 0. The molecule has 2 unspecified atom stereocenters. The van der Waals surface area contributed by atoms with E-state index in [1.807, 2.05) is 16.7 Å². The molecule has 0 spiro atoms. The van der Waals surface area contributed by atoms with E-state index in [4.69, 9.17) is 5.84 Å². The first-order valence-corrected chi connectivity index (χ1v) is 4.75. The standard InChI is InChI=1S/C6H11N3OS/c7-8-6(10)9-2-5-1-4(9)3-11-5/h4-5H,1-3,7H2,(H,8,10). The van der Waals surface area contributed by atoms with Gasteiger partial charge >= 0.3 is 6.03 Å². The Bertz CT molecular complexity index is 187. The number of carbonyl (C=O) groups excluding carboxylic acids is 1. The third-order valence-electron chi connectivity index (χ3n) is 2.28. The second-order valence-electron chi connectivity index (χ2n) is 2.95. The minimum absolute atomic E-state index is 0.127. The molecule has 0 aromatic carbocycles. The van der Waals surface area contributed by atoms with Crippen molar-refractivity contribution in [3.05, 3.63) is 0 Å². The van der Waals surface area contributed by atoms with Crippen molar-refractivity contribution in [2.75, 3.05) is 12.3 Å². The number of nitrogens with two attached hydrogens (primary N) is 1. The summed E-state index contributed by atoms with van der Waals surface area (Å²) in [5.74, 6) is 6.12. The number of hydrogen-bond acceptors (Lipinski definition) is 3. The van der Waals surface area contributed by atoms with Gasteiger partial charge in [0.15, 0.2) is 0 Å². The number of likely N-dealkylation sites (tertiary alicyclic amines) is 1. The fourth-order valence-electron chi connectivity index (χ4n) is 1.73. The lowest BCUT2D eigenvalue weighted by Gasteiger charge is -2.25. The van der Waals surface area contributed by atoms with Crippen LogP contribution in [0.1, 0.15) is 6.42 Å². The third-order valence-corrected chi connectivity index (χ3v) is 3.67. The van der Waals surface area contributed by atoms with Crippen LogP contribution >= 0.6 is 11.8 Å². The number of urea groups is 1. The summed E-state index contributed by atoms with van der Waals surface area (Å²) in [5.41, 5.74) is 2.17. The Balaban J connectivity index is 2.02. The highest BCUT2D eigenvalue weighted by molar-refractivity contribution is 8.00. The van der Waals surface area contributed by atoms with Crippen LogP contribution in [-0.2, 0) is 0 Å². The molecule has 0 saturated carbocycles.